The summed E-state index contributed by atoms with van der Waals surface area (Å²) in [6, 6.07) is 12.3. The van der Waals surface area contributed by atoms with Crippen molar-refractivity contribution in [2.24, 2.45) is 5.92 Å². The molecule has 1 aromatic heterocycles. The summed E-state index contributed by atoms with van der Waals surface area (Å²) in [5.74, 6) is 0.797. The summed E-state index contributed by atoms with van der Waals surface area (Å²) >= 11 is 0. The lowest BCUT2D eigenvalue weighted by Crippen LogP contribution is -2.11. The van der Waals surface area contributed by atoms with E-state index >= 15 is 0 Å². The molecule has 1 saturated carbocycles. The van der Waals surface area contributed by atoms with E-state index in [0.29, 0.717) is 5.92 Å². The standard InChI is InChI=1S/C17H20N2O/c1-3-13-10-16(19(4-2)18-13)17(20)15-11-14(15)12-8-6-5-7-9-12/h5-10,14-15H,3-4,11H2,1-2H3. The number of carbonyl (C=O) groups excluding carboxylic acids is 1. The molecule has 2 atom stereocenters. The zero-order valence-electron chi connectivity index (χ0n) is 12.0. The number of nitrogens with zero attached hydrogens (tertiary/aromatic N) is 2. The highest BCUT2D eigenvalue weighted by Crippen LogP contribution is 2.49. The molecule has 0 amide bonds. The minimum Gasteiger partial charge on any atom is -0.292 e. The highest BCUT2D eigenvalue weighted by atomic mass is 16.1. The molecule has 0 radical (unpaired) electrons. The lowest BCUT2D eigenvalue weighted by molar-refractivity contribution is 0.0954. The molecule has 2 unspecified atom stereocenters. The van der Waals surface area contributed by atoms with Gasteiger partial charge in [0.15, 0.2) is 5.78 Å². The van der Waals surface area contributed by atoms with Crippen molar-refractivity contribution >= 4 is 5.78 Å². The molecule has 1 aliphatic carbocycles. The molecule has 1 heterocycles. The Bertz CT molecular complexity index is 615. The van der Waals surface area contributed by atoms with Crippen LogP contribution in [0.15, 0.2) is 36.4 Å². The zero-order chi connectivity index (χ0) is 14.1. The van der Waals surface area contributed by atoms with Crippen LogP contribution in [-0.4, -0.2) is 15.6 Å². The van der Waals surface area contributed by atoms with Gasteiger partial charge in [-0.25, -0.2) is 0 Å². The molecule has 0 bridgehead atoms. The average Bonchev–Trinajstić information content (AvgIpc) is 3.19. The summed E-state index contributed by atoms with van der Waals surface area (Å²) in [5.41, 5.74) is 3.07. The minimum atomic E-state index is 0.143. The van der Waals surface area contributed by atoms with Crippen molar-refractivity contribution in [3.63, 3.8) is 0 Å². The molecule has 0 spiro atoms. The fourth-order valence-corrected chi connectivity index (χ4v) is 2.83. The van der Waals surface area contributed by atoms with Crippen LogP contribution in [0.25, 0.3) is 0 Å². The monoisotopic (exact) mass is 268 g/mol. The molecule has 0 N–H and O–H groups in total. The number of carbonyl (C=O) groups is 1. The van der Waals surface area contributed by atoms with Gasteiger partial charge in [-0.1, -0.05) is 37.3 Å². The first-order valence-electron chi connectivity index (χ1n) is 7.40. The fourth-order valence-electron chi connectivity index (χ4n) is 2.83. The van der Waals surface area contributed by atoms with Gasteiger partial charge in [0.2, 0.25) is 0 Å². The number of benzene rings is 1. The van der Waals surface area contributed by atoms with E-state index < -0.39 is 0 Å². The molecule has 0 aliphatic heterocycles. The Morgan fingerprint density at radius 3 is 2.70 bits per heavy atom. The number of aryl methyl sites for hydroxylation is 2. The zero-order valence-corrected chi connectivity index (χ0v) is 12.0. The van der Waals surface area contributed by atoms with E-state index in [4.69, 9.17) is 0 Å². The maximum Gasteiger partial charge on any atom is 0.184 e. The maximum atomic E-state index is 12.6. The van der Waals surface area contributed by atoms with Crippen LogP contribution in [0.5, 0.6) is 0 Å². The van der Waals surface area contributed by atoms with E-state index in [9.17, 15) is 4.79 Å². The van der Waals surface area contributed by atoms with Crippen LogP contribution in [0.1, 0.15) is 47.9 Å². The summed E-state index contributed by atoms with van der Waals surface area (Å²) in [6.45, 7) is 4.86. The van der Waals surface area contributed by atoms with Gasteiger partial charge in [-0.2, -0.15) is 5.10 Å². The first-order chi connectivity index (χ1) is 9.74. The summed E-state index contributed by atoms with van der Waals surface area (Å²) in [6.07, 6.45) is 1.85. The third-order valence-electron chi connectivity index (χ3n) is 4.10. The Labute approximate surface area is 119 Å². The molecule has 3 rings (SSSR count). The quantitative estimate of drug-likeness (QED) is 0.778. The van der Waals surface area contributed by atoms with Gasteiger partial charge in [-0.15, -0.1) is 0 Å². The topological polar surface area (TPSA) is 34.9 Å². The summed E-state index contributed by atoms with van der Waals surface area (Å²) < 4.78 is 1.85. The molecule has 3 heteroatoms. The van der Waals surface area contributed by atoms with Gasteiger partial charge < -0.3 is 0 Å². The molecule has 2 aromatic rings. The second kappa shape index (κ2) is 5.23. The Morgan fingerprint density at radius 2 is 2.05 bits per heavy atom. The number of ketones is 1. The van der Waals surface area contributed by atoms with E-state index in [2.05, 4.69) is 24.2 Å². The van der Waals surface area contributed by atoms with Crippen molar-refractivity contribution in [3.05, 3.63) is 53.3 Å². The molecular weight excluding hydrogens is 248 g/mol. The number of aromatic nitrogens is 2. The fraction of sp³-hybridized carbons (Fsp3) is 0.412. The minimum absolute atomic E-state index is 0.143. The van der Waals surface area contributed by atoms with Crippen LogP contribution in [0, 0.1) is 5.92 Å². The van der Waals surface area contributed by atoms with Crippen LogP contribution >= 0.6 is 0 Å². The van der Waals surface area contributed by atoms with Crippen molar-refractivity contribution in [2.45, 2.75) is 39.2 Å². The lowest BCUT2D eigenvalue weighted by atomic mass is 10.1. The van der Waals surface area contributed by atoms with Gasteiger partial charge in [0.05, 0.1) is 5.69 Å². The second-order valence-electron chi connectivity index (χ2n) is 5.41. The largest absolute Gasteiger partial charge is 0.292 e. The van der Waals surface area contributed by atoms with Crippen LogP contribution in [0.3, 0.4) is 0 Å². The molecule has 0 saturated heterocycles. The van der Waals surface area contributed by atoms with E-state index in [1.807, 2.05) is 35.9 Å². The predicted octanol–water partition coefficient (Wildman–Crippen LogP) is 3.45. The Hall–Kier alpha value is -1.90. The SMILES string of the molecule is CCc1cc(C(=O)C2CC2c2ccccc2)n(CC)n1. The van der Waals surface area contributed by atoms with E-state index in [0.717, 1.165) is 30.8 Å². The van der Waals surface area contributed by atoms with Crippen molar-refractivity contribution < 1.29 is 4.79 Å². The van der Waals surface area contributed by atoms with E-state index in [1.165, 1.54) is 5.56 Å². The lowest BCUT2D eigenvalue weighted by Gasteiger charge is -2.03. The van der Waals surface area contributed by atoms with E-state index in [1.54, 1.807) is 0 Å². The van der Waals surface area contributed by atoms with Crippen LogP contribution in [-0.2, 0) is 13.0 Å². The number of Topliss-reactive ketones (excluding diaryl/α,β-unsaturated/α-hetero) is 1. The van der Waals surface area contributed by atoms with Gasteiger partial charge in [0, 0.05) is 12.5 Å². The third-order valence-corrected chi connectivity index (χ3v) is 4.10. The van der Waals surface area contributed by atoms with Crippen molar-refractivity contribution in [3.8, 4) is 0 Å². The first kappa shape index (κ1) is 13.1. The maximum absolute atomic E-state index is 12.6. The Morgan fingerprint density at radius 1 is 1.30 bits per heavy atom. The van der Waals surface area contributed by atoms with Crippen LogP contribution in [0.2, 0.25) is 0 Å². The molecule has 1 aromatic carbocycles. The van der Waals surface area contributed by atoms with Crippen molar-refractivity contribution in [2.75, 3.05) is 0 Å². The first-order valence-corrected chi connectivity index (χ1v) is 7.40. The third kappa shape index (κ3) is 2.28. The number of hydrogen-bond donors (Lipinski definition) is 0. The van der Waals surface area contributed by atoms with Gasteiger partial charge in [-0.05, 0) is 37.3 Å². The smallest absolute Gasteiger partial charge is 0.184 e. The van der Waals surface area contributed by atoms with Crippen LogP contribution < -0.4 is 0 Å². The van der Waals surface area contributed by atoms with Gasteiger partial charge in [-0.3, -0.25) is 9.48 Å². The van der Waals surface area contributed by atoms with Gasteiger partial charge >= 0.3 is 0 Å². The molecule has 20 heavy (non-hydrogen) atoms. The highest BCUT2D eigenvalue weighted by molar-refractivity contribution is 5.99. The molecule has 1 fully saturated rings. The van der Waals surface area contributed by atoms with Crippen molar-refractivity contribution in [1.82, 2.24) is 9.78 Å². The second-order valence-corrected chi connectivity index (χ2v) is 5.41. The predicted molar refractivity (Wildman–Crippen MR) is 78.9 cm³/mol. The Balaban J connectivity index is 1.80. The number of rotatable bonds is 5. The van der Waals surface area contributed by atoms with Crippen LogP contribution in [0.4, 0.5) is 0 Å². The molecule has 1 aliphatic rings. The summed E-state index contributed by atoms with van der Waals surface area (Å²) in [5, 5.41) is 4.47. The summed E-state index contributed by atoms with van der Waals surface area (Å²) in [7, 11) is 0. The molecule has 104 valence electrons. The average molecular weight is 268 g/mol. The van der Waals surface area contributed by atoms with Gasteiger partial charge in [0.1, 0.15) is 5.69 Å². The van der Waals surface area contributed by atoms with E-state index in [-0.39, 0.29) is 11.7 Å². The normalized spacial score (nSPS) is 20.9. The molecule has 3 nitrogen and oxygen atoms in total. The summed E-state index contributed by atoms with van der Waals surface area (Å²) in [4.78, 5) is 12.6. The Kier molecular flexibility index (Phi) is 3.43. The van der Waals surface area contributed by atoms with Gasteiger partial charge in [0.25, 0.3) is 0 Å². The molecular formula is C17H20N2O. The highest BCUT2D eigenvalue weighted by Gasteiger charge is 2.44. The van der Waals surface area contributed by atoms with Crippen molar-refractivity contribution in [1.29, 1.82) is 0 Å². The number of hydrogen-bond acceptors (Lipinski definition) is 2.